The number of pyridine rings is 2. The van der Waals surface area contributed by atoms with Crippen molar-refractivity contribution in [3.05, 3.63) is 47.6 Å². The van der Waals surface area contributed by atoms with Crippen molar-refractivity contribution in [3.8, 4) is 17.4 Å². The number of hydrogen-bond acceptors (Lipinski definition) is 8. The zero-order chi connectivity index (χ0) is 21.0. The minimum atomic E-state index is -4.75. The molecule has 9 nitrogen and oxygen atoms in total. The summed E-state index contributed by atoms with van der Waals surface area (Å²) in [6.45, 7) is 1.54. The van der Waals surface area contributed by atoms with Gasteiger partial charge in [0.2, 0.25) is 11.7 Å². The number of hydrogen-bond donors (Lipinski definition) is 1. The maximum Gasteiger partial charge on any atom is 0.471 e. The van der Waals surface area contributed by atoms with Crippen molar-refractivity contribution in [1.82, 2.24) is 20.1 Å². The Kier molecular flexibility index (Phi) is 5.61. The fourth-order valence-electron chi connectivity index (χ4n) is 2.17. The number of amides is 1. The van der Waals surface area contributed by atoms with Crippen LogP contribution in [0.4, 0.5) is 23.7 Å². The number of carbonyl (C=O) groups is 1. The Balaban J connectivity index is 1.62. The van der Waals surface area contributed by atoms with E-state index in [4.69, 9.17) is 9.47 Å². The van der Waals surface area contributed by atoms with Crippen LogP contribution in [0.15, 0.2) is 35.0 Å². The monoisotopic (exact) mass is 409 g/mol. The molecule has 0 radical (unpaired) electrons. The molecule has 152 valence electrons. The lowest BCUT2D eigenvalue weighted by Gasteiger charge is -2.09. The van der Waals surface area contributed by atoms with Gasteiger partial charge in [0.15, 0.2) is 0 Å². The van der Waals surface area contributed by atoms with Gasteiger partial charge in [-0.05, 0) is 25.1 Å². The number of alkyl halides is 3. The Bertz CT molecular complexity index is 1010. The molecule has 0 aromatic carbocycles. The molecule has 3 heterocycles. The van der Waals surface area contributed by atoms with E-state index in [0.29, 0.717) is 22.8 Å². The molecule has 0 spiro atoms. The van der Waals surface area contributed by atoms with Crippen LogP contribution in [-0.4, -0.2) is 33.3 Å². The average Bonchev–Trinajstić information content (AvgIpc) is 3.19. The number of carbonyl (C=O) groups excluding carboxylic acids is 1. The van der Waals surface area contributed by atoms with E-state index in [9.17, 15) is 18.0 Å². The number of ether oxygens (including phenoxy) is 2. The minimum Gasteiger partial charge on any atom is -0.481 e. The van der Waals surface area contributed by atoms with Gasteiger partial charge >= 0.3 is 18.2 Å². The second kappa shape index (κ2) is 8.12. The van der Waals surface area contributed by atoms with Crippen molar-refractivity contribution in [2.75, 3.05) is 12.4 Å². The van der Waals surface area contributed by atoms with E-state index in [1.807, 2.05) is 0 Å². The Labute approximate surface area is 161 Å². The van der Waals surface area contributed by atoms with Crippen LogP contribution >= 0.6 is 0 Å². The average molecular weight is 409 g/mol. The zero-order valence-corrected chi connectivity index (χ0v) is 15.1. The molecular formula is C17H14F3N5O4. The number of aryl methyl sites for hydroxylation is 1. The Morgan fingerprint density at radius 3 is 2.59 bits per heavy atom. The highest BCUT2D eigenvalue weighted by molar-refractivity contribution is 5.85. The van der Waals surface area contributed by atoms with E-state index in [-0.39, 0.29) is 18.1 Å². The standard InChI is InChI=1S/C17H14F3N5O4/c1-9-11(23-16(26)28-8-10-3-6-13(27-2)21-7-10)4-5-12(22-9)14-24-15(29-25-14)17(18,19)20/h3-7H,8H2,1-2H3,(H,23,26). The molecule has 0 unspecified atom stereocenters. The van der Waals surface area contributed by atoms with Crippen LogP contribution in [0, 0.1) is 6.92 Å². The van der Waals surface area contributed by atoms with Gasteiger partial charge in [-0.3, -0.25) is 5.32 Å². The molecule has 0 saturated carbocycles. The van der Waals surface area contributed by atoms with Crippen molar-refractivity contribution < 1.29 is 32.0 Å². The first-order valence-electron chi connectivity index (χ1n) is 8.08. The van der Waals surface area contributed by atoms with Crippen LogP contribution in [0.3, 0.4) is 0 Å². The molecule has 29 heavy (non-hydrogen) atoms. The topological polar surface area (TPSA) is 112 Å². The Hall–Kier alpha value is -3.70. The van der Waals surface area contributed by atoms with E-state index in [1.54, 1.807) is 19.1 Å². The van der Waals surface area contributed by atoms with Crippen LogP contribution < -0.4 is 10.1 Å². The van der Waals surface area contributed by atoms with E-state index >= 15 is 0 Å². The van der Waals surface area contributed by atoms with Gasteiger partial charge in [0.25, 0.3) is 0 Å². The van der Waals surface area contributed by atoms with E-state index in [2.05, 4.69) is 29.9 Å². The Morgan fingerprint density at radius 1 is 1.21 bits per heavy atom. The fourth-order valence-corrected chi connectivity index (χ4v) is 2.17. The molecular weight excluding hydrogens is 395 g/mol. The number of methoxy groups -OCH3 is 1. The maximum absolute atomic E-state index is 12.5. The summed E-state index contributed by atoms with van der Waals surface area (Å²) in [6.07, 6.45) is -3.98. The van der Waals surface area contributed by atoms with Gasteiger partial charge in [-0.15, -0.1) is 0 Å². The van der Waals surface area contributed by atoms with Gasteiger partial charge in [0.05, 0.1) is 18.5 Å². The molecule has 0 atom stereocenters. The van der Waals surface area contributed by atoms with E-state index in [1.165, 1.54) is 25.4 Å². The van der Waals surface area contributed by atoms with Crippen LogP contribution in [-0.2, 0) is 17.5 Å². The summed E-state index contributed by atoms with van der Waals surface area (Å²) < 4.78 is 51.9. The van der Waals surface area contributed by atoms with Crippen molar-refractivity contribution in [2.45, 2.75) is 19.7 Å². The molecule has 1 N–H and O–H groups in total. The smallest absolute Gasteiger partial charge is 0.471 e. The Morgan fingerprint density at radius 2 is 2.00 bits per heavy atom. The van der Waals surface area contributed by atoms with Crippen molar-refractivity contribution in [2.24, 2.45) is 0 Å². The van der Waals surface area contributed by atoms with Gasteiger partial charge in [0.1, 0.15) is 12.3 Å². The molecule has 0 aliphatic rings. The number of nitrogens with zero attached hydrogens (tertiary/aromatic N) is 4. The molecule has 0 aliphatic carbocycles. The molecule has 1 amide bonds. The van der Waals surface area contributed by atoms with Crippen LogP contribution in [0.1, 0.15) is 17.1 Å². The normalized spacial score (nSPS) is 11.2. The van der Waals surface area contributed by atoms with Crippen molar-refractivity contribution >= 4 is 11.8 Å². The van der Waals surface area contributed by atoms with Gasteiger partial charge in [-0.25, -0.2) is 14.8 Å². The highest BCUT2D eigenvalue weighted by Gasteiger charge is 2.38. The van der Waals surface area contributed by atoms with Crippen molar-refractivity contribution in [1.29, 1.82) is 0 Å². The minimum absolute atomic E-state index is 0.0174. The SMILES string of the molecule is COc1ccc(COC(=O)Nc2ccc(-c3noc(C(F)(F)F)n3)nc2C)cn1. The van der Waals surface area contributed by atoms with Gasteiger partial charge in [-0.1, -0.05) is 5.16 Å². The maximum atomic E-state index is 12.5. The zero-order valence-electron chi connectivity index (χ0n) is 15.1. The van der Waals surface area contributed by atoms with Gasteiger partial charge in [0, 0.05) is 17.8 Å². The number of aromatic nitrogens is 4. The summed E-state index contributed by atoms with van der Waals surface area (Å²) in [5, 5.41) is 5.76. The summed E-state index contributed by atoms with van der Waals surface area (Å²) in [7, 11) is 1.49. The lowest BCUT2D eigenvalue weighted by molar-refractivity contribution is -0.159. The molecule has 3 rings (SSSR count). The summed E-state index contributed by atoms with van der Waals surface area (Å²) in [5.41, 5.74) is 1.35. The third-order valence-corrected chi connectivity index (χ3v) is 3.60. The van der Waals surface area contributed by atoms with Gasteiger partial charge in [-0.2, -0.15) is 18.2 Å². The molecule has 0 fully saturated rings. The molecule has 12 heteroatoms. The second-order valence-corrected chi connectivity index (χ2v) is 5.66. The molecule has 3 aromatic heterocycles. The molecule has 0 saturated heterocycles. The number of halogens is 3. The number of rotatable bonds is 5. The molecule has 3 aromatic rings. The molecule has 0 bridgehead atoms. The number of anilines is 1. The van der Waals surface area contributed by atoms with Gasteiger partial charge < -0.3 is 14.0 Å². The third kappa shape index (κ3) is 4.97. The van der Waals surface area contributed by atoms with Crippen molar-refractivity contribution in [3.63, 3.8) is 0 Å². The lowest BCUT2D eigenvalue weighted by Crippen LogP contribution is -2.15. The largest absolute Gasteiger partial charge is 0.481 e. The van der Waals surface area contributed by atoms with E-state index in [0.717, 1.165) is 0 Å². The predicted molar refractivity (Wildman–Crippen MR) is 91.9 cm³/mol. The summed E-state index contributed by atoms with van der Waals surface area (Å²) >= 11 is 0. The first kappa shape index (κ1) is 20.0. The third-order valence-electron chi connectivity index (χ3n) is 3.60. The van der Waals surface area contributed by atoms with E-state index < -0.39 is 18.2 Å². The first-order chi connectivity index (χ1) is 13.8. The lowest BCUT2D eigenvalue weighted by atomic mass is 10.2. The quantitative estimate of drug-likeness (QED) is 0.680. The predicted octanol–water partition coefficient (Wildman–Crippen LogP) is 3.61. The summed E-state index contributed by atoms with van der Waals surface area (Å²) in [5.74, 6) is -1.35. The highest BCUT2D eigenvalue weighted by Crippen LogP contribution is 2.29. The number of nitrogens with one attached hydrogen (secondary N) is 1. The molecule has 0 aliphatic heterocycles. The summed E-state index contributed by atoms with van der Waals surface area (Å²) in [4.78, 5) is 23.3. The first-order valence-corrected chi connectivity index (χ1v) is 8.08. The van der Waals surface area contributed by atoms with Crippen LogP contribution in [0.2, 0.25) is 0 Å². The second-order valence-electron chi connectivity index (χ2n) is 5.66. The fraction of sp³-hybridized carbons (Fsp3) is 0.235. The highest BCUT2D eigenvalue weighted by atomic mass is 19.4. The summed E-state index contributed by atoms with van der Waals surface area (Å²) in [6, 6.07) is 6.12. The van der Waals surface area contributed by atoms with Crippen LogP contribution in [0.5, 0.6) is 5.88 Å². The van der Waals surface area contributed by atoms with Crippen LogP contribution in [0.25, 0.3) is 11.5 Å².